The van der Waals surface area contributed by atoms with Gasteiger partial charge in [0.05, 0.1) is 18.4 Å². The summed E-state index contributed by atoms with van der Waals surface area (Å²) in [5, 5.41) is 3.42. The Kier molecular flexibility index (Phi) is 4.87. The van der Waals surface area contributed by atoms with E-state index in [-0.39, 0.29) is 5.97 Å². The molecule has 1 N–H and O–H groups in total. The van der Waals surface area contributed by atoms with Crippen LogP contribution in [0.3, 0.4) is 0 Å². The first-order valence-corrected chi connectivity index (χ1v) is 6.61. The molecule has 0 saturated carbocycles. The second-order valence-corrected chi connectivity index (χ2v) is 5.08. The second-order valence-electron chi connectivity index (χ2n) is 5.08. The number of carbonyl (C=O) groups is 1. The van der Waals surface area contributed by atoms with Gasteiger partial charge in [-0.3, -0.25) is 4.98 Å². The fraction of sp³-hybridized carbons (Fsp3) is 0.571. The standard InChI is InChI=1S/C14H21N3O2/c1-17-6-5-11(10-17)7-15-9-13-4-3-12(8-16-13)14(18)19-2/h3-4,8,11,15H,5-7,9-10H2,1-2H3. The van der Waals surface area contributed by atoms with Gasteiger partial charge in [0.25, 0.3) is 0 Å². The van der Waals surface area contributed by atoms with Crippen LogP contribution in [0.25, 0.3) is 0 Å². The van der Waals surface area contributed by atoms with Crippen LogP contribution in [0, 0.1) is 5.92 Å². The number of methoxy groups -OCH3 is 1. The van der Waals surface area contributed by atoms with Crippen molar-refractivity contribution in [2.45, 2.75) is 13.0 Å². The molecule has 104 valence electrons. The summed E-state index contributed by atoms with van der Waals surface area (Å²) in [5.41, 5.74) is 1.43. The van der Waals surface area contributed by atoms with Crippen molar-refractivity contribution < 1.29 is 9.53 Å². The van der Waals surface area contributed by atoms with E-state index in [0.717, 1.165) is 24.7 Å². The van der Waals surface area contributed by atoms with Crippen molar-refractivity contribution >= 4 is 5.97 Å². The maximum absolute atomic E-state index is 11.3. The van der Waals surface area contributed by atoms with Crippen LogP contribution >= 0.6 is 0 Å². The Labute approximate surface area is 114 Å². The normalized spacial score (nSPS) is 19.6. The lowest BCUT2D eigenvalue weighted by Crippen LogP contribution is -2.25. The summed E-state index contributed by atoms with van der Waals surface area (Å²) in [6, 6.07) is 3.61. The lowest BCUT2D eigenvalue weighted by molar-refractivity contribution is 0.0600. The summed E-state index contributed by atoms with van der Waals surface area (Å²) in [6.45, 7) is 4.12. The maximum Gasteiger partial charge on any atom is 0.339 e. The number of nitrogens with one attached hydrogen (secondary N) is 1. The fourth-order valence-corrected chi connectivity index (χ4v) is 2.36. The number of rotatable bonds is 5. The van der Waals surface area contributed by atoms with E-state index in [4.69, 9.17) is 0 Å². The molecule has 5 heteroatoms. The Morgan fingerprint density at radius 1 is 1.58 bits per heavy atom. The molecule has 1 unspecified atom stereocenters. The summed E-state index contributed by atoms with van der Waals surface area (Å²) >= 11 is 0. The van der Waals surface area contributed by atoms with E-state index >= 15 is 0 Å². The third kappa shape index (κ3) is 4.01. The highest BCUT2D eigenvalue weighted by Gasteiger charge is 2.18. The average molecular weight is 263 g/mol. The van der Waals surface area contributed by atoms with Gasteiger partial charge >= 0.3 is 5.97 Å². The number of ether oxygens (including phenoxy) is 1. The smallest absolute Gasteiger partial charge is 0.339 e. The van der Waals surface area contributed by atoms with Crippen molar-refractivity contribution in [2.24, 2.45) is 5.92 Å². The molecule has 1 saturated heterocycles. The molecule has 1 aromatic rings. The number of nitrogens with zero attached hydrogens (tertiary/aromatic N) is 2. The van der Waals surface area contributed by atoms with E-state index in [2.05, 4.69) is 27.0 Å². The lowest BCUT2D eigenvalue weighted by atomic mass is 10.1. The molecule has 1 atom stereocenters. The molecule has 1 aliphatic heterocycles. The minimum absolute atomic E-state index is 0.346. The molecule has 0 aliphatic carbocycles. The Morgan fingerprint density at radius 2 is 2.42 bits per heavy atom. The van der Waals surface area contributed by atoms with Gasteiger partial charge in [0, 0.05) is 19.3 Å². The SMILES string of the molecule is COC(=O)c1ccc(CNCC2CCN(C)C2)nc1. The molecule has 0 radical (unpaired) electrons. The summed E-state index contributed by atoms with van der Waals surface area (Å²) in [5.74, 6) is 0.389. The van der Waals surface area contributed by atoms with Crippen molar-refractivity contribution in [1.29, 1.82) is 0 Å². The van der Waals surface area contributed by atoms with Crippen LogP contribution < -0.4 is 5.32 Å². The number of hydrogen-bond donors (Lipinski definition) is 1. The molecule has 1 aromatic heterocycles. The van der Waals surface area contributed by atoms with E-state index in [1.807, 2.05) is 6.07 Å². The van der Waals surface area contributed by atoms with E-state index in [1.165, 1.54) is 26.6 Å². The zero-order chi connectivity index (χ0) is 13.7. The number of hydrogen-bond acceptors (Lipinski definition) is 5. The second kappa shape index (κ2) is 6.63. The minimum atomic E-state index is -0.346. The van der Waals surface area contributed by atoms with Crippen molar-refractivity contribution in [3.63, 3.8) is 0 Å². The quantitative estimate of drug-likeness (QED) is 0.800. The van der Waals surface area contributed by atoms with Gasteiger partial charge < -0.3 is 15.0 Å². The van der Waals surface area contributed by atoms with Crippen molar-refractivity contribution in [3.05, 3.63) is 29.6 Å². The number of likely N-dealkylation sites (tertiary alicyclic amines) is 1. The van der Waals surface area contributed by atoms with Crippen LogP contribution in [0.15, 0.2) is 18.3 Å². The molecule has 2 heterocycles. The molecule has 1 fully saturated rings. The van der Waals surface area contributed by atoms with E-state index in [1.54, 1.807) is 12.3 Å². The van der Waals surface area contributed by atoms with Gasteiger partial charge in [-0.25, -0.2) is 4.79 Å². The van der Waals surface area contributed by atoms with Crippen LogP contribution in [0.4, 0.5) is 0 Å². The summed E-state index contributed by atoms with van der Waals surface area (Å²) in [7, 11) is 3.53. The highest BCUT2D eigenvalue weighted by Crippen LogP contribution is 2.13. The van der Waals surface area contributed by atoms with Crippen molar-refractivity contribution in [1.82, 2.24) is 15.2 Å². The molecule has 1 aliphatic rings. The molecule has 19 heavy (non-hydrogen) atoms. The minimum Gasteiger partial charge on any atom is -0.465 e. The van der Waals surface area contributed by atoms with E-state index in [9.17, 15) is 4.79 Å². The number of aromatic nitrogens is 1. The molecule has 0 spiro atoms. The van der Waals surface area contributed by atoms with Crippen molar-refractivity contribution in [2.75, 3.05) is 33.8 Å². The highest BCUT2D eigenvalue weighted by atomic mass is 16.5. The molecular formula is C14H21N3O2. The third-order valence-corrected chi connectivity index (χ3v) is 3.47. The Balaban J connectivity index is 1.75. The van der Waals surface area contributed by atoms with E-state index in [0.29, 0.717) is 5.56 Å². The van der Waals surface area contributed by atoms with Crippen LogP contribution in [0.1, 0.15) is 22.5 Å². The predicted octanol–water partition coefficient (Wildman–Crippen LogP) is 0.909. The van der Waals surface area contributed by atoms with E-state index < -0.39 is 0 Å². The largest absolute Gasteiger partial charge is 0.465 e. The molecular weight excluding hydrogens is 242 g/mol. The average Bonchev–Trinajstić information content (AvgIpc) is 2.84. The van der Waals surface area contributed by atoms with Gasteiger partial charge in [-0.15, -0.1) is 0 Å². The van der Waals surface area contributed by atoms with Crippen LogP contribution in [-0.2, 0) is 11.3 Å². The highest BCUT2D eigenvalue weighted by molar-refractivity contribution is 5.88. The Bertz CT molecular complexity index is 419. The van der Waals surface area contributed by atoms with Crippen molar-refractivity contribution in [3.8, 4) is 0 Å². The van der Waals surface area contributed by atoms with Gasteiger partial charge in [-0.05, 0) is 44.6 Å². The number of esters is 1. The van der Waals surface area contributed by atoms with Gasteiger partial charge in [0.2, 0.25) is 0 Å². The summed E-state index contributed by atoms with van der Waals surface area (Å²) < 4.78 is 4.64. The number of pyridine rings is 1. The number of carbonyl (C=O) groups excluding carboxylic acids is 1. The summed E-state index contributed by atoms with van der Waals surface area (Å²) in [4.78, 5) is 17.9. The Hall–Kier alpha value is -1.46. The molecule has 0 bridgehead atoms. The first-order valence-electron chi connectivity index (χ1n) is 6.61. The molecule has 5 nitrogen and oxygen atoms in total. The lowest BCUT2D eigenvalue weighted by Gasteiger charge is -2.11. The van der Waals surface area contributed by atoms with Crippen LogP contribution in [0.2, 0.25) is 0 Å². The molecule has 0 amide bonds. The Morgan fingerprint density at radius 3 is 3.00 bits per heavy atom. The summed E-state index contributed by atoms with van der Waals surface area (Å²) in [6.07, 6.45) is 2.82. The molecule has 2 rings (SSSR count). The first kappa shape index (κ1) is 14.0. The third-order valence-electron chi connectivity index (χ3n) is 3.47. The monoisotopic (exact) mass is 263 g/mol. The van der Waals surface area contributed by atoms with Crippen LogP contribution in [-0.4, -0.2) is 49.6 Å². The zero-order valence-electron chi connectivity index (χ0n) is 11.6. The van der Waals surface area contributed by atoms with Gasteiger partial charge in [0.1, 0.15) is 0 Å². The van der Waals surface area contributed by atoms with Gasteiger partial charge in [0.15, 0.2) is 0 Å². The van der Waals surface area contributed by atoms with Gasteiger partial charge in [-0.1, -0.05) is 0 Å². The fourth-order valence-electron chi connectivity index (χ4n) is 2.36. The zero-order valence-corrected chi connectivity index (χ0v) is 11.6. The first-order chi connectivity index (χ1) is 9.19. The topological polar surface area (TPSA) is 54.5 Å². The van der Waals surface area contributed by atoms with Gasteiger partial charge in [-0.2, -0.15) is 0 Å². The maximum atomic E-state index is 11.3. The molecule has 0 aromatic carbocycles. The van der Waals surface area contributed by atoms with Crippen LogP contribution in [0.5, 0.6) is 0 Å². The predicted molar refractivity (Wildman–Crippen MR) is 72.9 cm³/mol.